The Hall–Kier alpha value is -1.09. The molecule has 1 rings (SSSR count). The largest absolute Gasteiger partial charge is 0.481 e. The van der Waals surface area contributed by atoms with Crippen LogP contribution in [0.4, 0.5) is 0 Å². The highest BCUT2D eigenvalue weighted by molar-refractivity contribution is 5.27. The third kappa shape index (κ3) is 1.68. The molecule has 0 aromatic carbocycles. The van der Waals surface area contributed by atoms with Crippen LogP contribution in [-0.2, 0) is 0 Å². The molecule has 1 atom stereocenters. The number of ether oxygens (including phenoxy) is 1. The fourth-order valence-corrected chi connectivity index (χ4v) is 0.920. The lowest BCUT2D eigenvalue weighted by atomic mass is 10.1. The van der Waals surface area contributed by atoms with Crippen LogP contribution in [0.1, 0.15) is 18.5 Å². The molecular formula is C8H12N2O. The maximum absolute atomic E-state index is 5.67. The number of aromatic nitrogens is 1. The van der Waals surface area contributed by atoms with Crippen LogP contribution in [0.2, 0.25) is 0 Å². The summed E-state index contributed by atoms with van der Waals surface area (Å²) < 4.78 is 5.02. The summed E-state index contributed by atoms with van der Waals surface area (Å²) in [6.07, 6.45) is 1.69. The maximum atomic E-state index is 5.67. The van der Waals surface area contributed by atoms with E-state index in [1.54, 1.807) is 13.3 Å². The molecule has 0 spiro atoms. The average Bonchev–Trinajstić information content (AvgIpc) is 2.04. The second-order valence-electron chi connectivity index (χ2n) is 2.39. The van der Waals surface area contributed by atoms with Crippen molar-refractivity contribution in [2.45, 2.75) is 13.0 Å². The lowest BCUT2D eigenvalue weighted by molar-refractivity contribution is 0.389. The van der Waals surface area contributed by atoms with Crippen LogP contribution in [0.25, 0.3) is 0 Å². The predicted octanol–water partition coefficient (Wildman–Crippen LogP) is 1.11. The minimum Gasteiger partial charge on any atom is -0.481 e. The van der Waals surface area contributed by atoms with Crippen LogP contribution in [-0.4, -0.2) is 12.1 Å². The molecule has 3 heteroatoms. The van der Waals surface area contributed by atoms with Crippen molar-refractivity contribution in [2.75, 3.05) is 7.11 Å². The third-order valence-electron chi connectivity index (χ3n) is 1.48. The van der Waals surface area contributed by atoms with Crippen LogP contribution in [0.3, 0.4) is 0 Å². The van der Waals surface area contributed by atoms with Gasteiger partial charge in [0.25, 0.3) is 0 Å². The molecule has 0 amide bonds. The van der Waals surface area contributed by atoms with Crippen LogP contribution in [0.15, 0.2) is 18.3 Å². The van der Waals surface area contributed by atoms with Gasteiger partial charge < -0.3 is 10.5 Å². The number of hydrogen-bond acceptors (Lipinski definition) is 3. The smallest absolute Gasteiger partial charge is 0.217 e. The van der Waals surface area contributed by atoms with E-state index in [0.717, 1.165) is 5.56 Å². The van der Waals surface area contributed by atoms with Crippen molar-refractivity contribution < 1.29 is 4.74 Å². The molecule has 0 saturated heterocycles. The zero-order valence-electron chi connectivity index (χ0n) is 6.74. The number of pyridine rings is 1. The van der Waals surface area contributed by atoms with Crippen molar-refractivity contribution in [1.82, 2.24) is 4.98 Å². The summed E-state index contributed by atoms with van der Waals surface area (Å²) in [6, 6.07) is 3.73. The van der Waals surface area contributed by atoms with E-state index in [0.29, 0.717) is 5.88 Å². The normalized spacial score (nSPS) is 12.6. The van der Waals surface area contributed by atoms with Gasteiger partial charge in [-0.05, 0) is 13.0 Å². The zero-order valence-corrected chi connectivity index (χ0v) is 6.74. The Morgan fingerprint density at radius 2 is 2.36 bits per heavy atom. The summed E-state index contributed by atoms with van der Waals surface area (Å²) in [5.41, 5.74) is 6.61. The van der Waals surface area contributed by atoms with Gasteiger partial charge in [0.2, 0.25) is 5.88 Å². The van der Waals surface area contributed by atoms with Gasteiger partial charge in [-0.2, -0.15) is 0 Å². The number of methoxy groups -OCH3 is 1. The minimum atomic E-state index is -0.0290. The molecule has 0 aliphatic rings. The molecular weight excluding hydrogens is 140 g/mol. The van der Waals surface area contributed by atoms with E-state index in [1.165, 1.54) is 0 Å². The Morgan fingerprint density at radius 3 is 2.82 bits per heavy atom. The molecule has 3 nitrogen and oxygen atoms in total. The fraction of sp³-hybridized carbons (Fsp3) is 0.375. The van der Waals surface area contributed by atoms with E-state index < -0.39 is 0 Å². The SMILES string of the molecule is COc1ncccc1[C@H](C)N. The van der Waals surface area contributed by atoms with Gasteiger partial charge in [-0.1, -0.05) is 6.07 Å². The fourth-order valence-electron chi connectivity index (χ4n) is 0.920. The van der Waals surface area contributed by atoms with Gasteiger partial charge in [0.05, 0.1) is 7.11 Å². The van der Waals surface area contributed by atoms with Gasteiger partial charge in [-0.15, -0.1) is 0 Å². The topological polar surface area (TPSA) is 48.1 Å². The second-order valence-corrected chi connectivity index (χ2v) is 2.39. The molecule has 0 fully saturated rings. The molecule has 0 aliphatic heterocycles. The Kier molecular flexibility index (Phi) is 2.44. The van der Waals surface area contributed by atoms with Crippen LogP contribution < -0.4 is 10.5 Å². The monoisotopic (exact) mass is 152 g/mol. The van der Waals surface area contributed by atoms with E-state index in [-0.39, 0.29) is 6.04 Å². The van der Waals surface area contributed by atoms with Gasteiger partial charge in [0.1, 0.15) is 0 Å². The molecule has 0 bridgehead atoms. The molecule has 0 saturated carbocycles. The minimum absolute atomic E-state index is 0.0290. The molecule has 60 valence electrons. The van der Waals surface area contributed by atoms with Gasteiger partial charge in [0, 0.05) is 17.8 Å². The highest BCUT2D eigenvalue weighted by Gasteiger charge is 2.05. The Morgan fingerprint density at radius 1 is 1.64 bits per heavy atom. The third-order valence-corrected chi connectivity index (χ3v) is 1.48. The summed E-state index contributed by atoms with van der Waals surface area (Å²) in [4.78, 5) is 4.02. The van der Waals surface area contributed by atoms with Crippen molar-refractivity contribution in [1.29, 1.82) is 0 Å². The number of rotatable bonds is 2. The van der Waals surface area contributed by atoms with Gasteiger partial charge in [-0.3, -0.25) is 0 Å². The molecule has 1 aromatic heterocycles. The van der Waals surface area contributed by atoms with Gasteiger partial charge in [0.15, 0.2) is 0 Å². The highest BCUT2D eigenvalue weighted by Crippen LogP contribution is 2.19. The van der Waals surface area contributed by atoms with Crippen LogP contribution in [0, 0.1) is 0 Å². The summed E-state index contributed by atoms with van der Waals surface area (Å²) >= 11 is 0. The van der Waals surface area contributed by atoms with Crippen LogP contribution >= 0.6 is 0 Å². The Bertz CT molecular complexity index is 235. The van der Waals surface area contributed by atoms with E-state index >= 15 is 0 Å². The highest BCUT2D eigenvalue weighted by atomic mass is 16.5. The van der Waals surface area contributed by atoms with Crippen LogP contribution in [0.5, 0.6) is 5.88 Å². The number of nitrogens with two attached hydrogens (primary N) is 1. The first-order valence-electron chi connectivity index (χ1n) is 3.50. The van der Waals surface area contributed by atoms with E-state index in [4.69, 9.17) is 10.5 Å². The van der Waals surface area contributed by atoms with Crippen molar-refractivity contribution in [3.8, 4) is 5.88 Å². The number of hydrogen-bond donors (Lipinski definition) is 1. The van der Waals surface area contributed by atoms with Gasteiger partial charge in [-0.25, -0.2) is 4.98 Å². The van der Waals surface area contributed by atoms with Crippen molar-refractivity contribution >= 4 is 0 Å². The van der Waals surface area contributed by atoms with E-state index in [9.17, 15) is 0 Å². The summed E-state index contributed by atoms with van der Waals surface area (Å²) in [7, 11) is 1.59. The molecule has 0 aliphatic carbocycles. The standard InChI is InChI=1S/C8H12N2O/c1-6(9)7-4-3-5-10-8(7)11-2/h3-6H,9H2,1-2H3/t6-/m0/s1. The molecule has 11 heavy (non-hydrogen) atoms. The molecule has 2 N–H and O–H groups in total. The zero-order chi connectivity index (χ0) is 8.27. The van der Waals surface area contributed by atoms with E-state index in [2.05, 4.69) is 4.98 Å². The van der Waals surface area contributed by atoms with Crippen molar-refractivity contribution in [2.24, 2.45) is 5.73 Å². The lowest BCUT2D eigenvalue weighted by Crippen LogP contribution is -2.07. The Balaban J connectivity index is 3.02. The quantitative estimate of drug-likeness (QED) is 0.690. The van der Waals surface area contributed by atoms with Crippen molar-refractivity contribution in [3.05, 3.63) is 23.9 Å². The van der Waals surface area contributed by atoms with E-state index in [1.807, 2.05) is 19.1 Å². The first-order chi connectivity index (χ1) is 5.25. The first kappa shape index (κ1) is 8.01. The number of nitrogens with zero attached hydrogens (tertiary/aromatic N) is 1. The molecule has 0 unspecified atom stereocenters. The first-order valence-corrected chi connectivity index (χ1v) is 3.50. The summed E-state index contributed by atoms with van der Waals surface area (Å²) in [5, 5.41) is 0. The summed E-state index contributed by atoms with van der Waals surface area (Å²) in [6.45, 7) is 1.90. The molecule has 0 radical (unpaired) electrons. The predicted molar refractivity (Wildman–Crippen MR) is 43.4 cm³/mol. The second kappa shape index (κ2) is 3.34. The Labute approximate surface area is 66.2 Å². The van der Waals surface area contributed by atoms with Crippen molar-refractivity contribution in [3.63, 3.8) is 0 Å². The average molecular weight is 152 g/mol. The molecule has 1 aromatic rings. The molecule has 1 heterocycles. The van der Waals surface area contributed by atoms with Gasteiger partial charge >= 0.3 is 0 Å². The maximum Gasteiger partial charge on any atom is 0.217 e. The lowest BCUT2D eigenvalue weighted by Gasteiger charge is -2.08. The summed E-state index contributed by atoms with van der Waals surface area (Å²) in [5.74, 6) is 0.613.